The summed E-state index contributed by atoms with van der Waals surface area (Å²) in [5, 5.41) is 20.4. The van der Waals surface area contributed by atoms with Crippen molar-refractivity contribution in [1.82, 2.24) is 10.3 Å². The Kier molecular flexibility index (Phi) is 5.62. The minimum atomic E-state index is -4.56. The van der Waals surface area contributed by atoms with Crippen LogP contribution in [0.3, 0.4) is 0 Å². The Morgan fingerprint density at radius 2 is 2.00 bits per heavy atom. The van der Waals surface area contributed by atoms with Crippen molar-refractivity contribution in [3.05, 3.63) is 58.2 Å². The number of nitrogens with one attached hydrogen (secondary N) is 1. The second-order valence-corrected chi connectivity index (χ2v) is 6.02. The van der Waals surface area contributed by atoms with E-state index in [0.29, 0.717) is 11.4 Å². The van der Waals surface area contributed by atoms with Gasteiger partial charge in [0.05, 0.1) is 5.03 Å². The highest BCUT2D eigenvalue weighted by atomic mass is 32.2. The lowest BCUT2D eigenvalue weighted by Gasteiger charge is -2.12. The van der Waals surface area contributed by atoms with Gasteiger partial charge < -0.3 is 16.2 Å². The van der Waals surface area contributed by atoms with Crippen molar-refractivity contribution < 1.29 is 22.9 Å². The van der Waals surface area contributed by atoms with Crippen LogP contribution in [0.25, 0.3) is 0 Å². The summed E-state index contributed by atoms with van der Waals surface area (Å²) in [5.41, 5.74) is 5.51. The molecule has 0 amide bonds. The molecule has 0 bridgehead atoms. The average molecular weight is 372 g/mol. The number of alkyl halides is 3. The second-order valence-electron chi connectivity index (χ2n) is 5.05. The quantitative estimate of drug-likeness (QED) is 0.707. The van der Waals surface area contributed by atoms with Crippen LogP contribution in [0.15, 0.2) is 51.6 Å². The fraction of sp³-hybridized carbons (Fsp3) is 0.200. The summed E-state index contributed by atoms with van der Waals surface area (Å²) >= 11 is 0.740. The molecule has 4 N–H and O–H groups in total. The van der Waals surface area contributed by atoms with E-state index in [0.717, 1.165) is 22.7 Å². The lowest BCUT2D eigenvalue weighted by atomic mass is 9.98. The maximum absolute atomic E-state index is 12.3. The van der Waals surface area contributed by atoms with Crippen LogP contribution in [0.5, 0.6) is 5.88 Å². The van der Waals surface area contributed by atoms with Crippen LogP contribution >= 0.6 is 11.8 Å². The number of benzene rings is 1. The summed E-state index contributed by atoms with van der Waals surface area (Å²) in [6.45, 7) is 5.46. The van der Waals surface area contributed by atoms with Crippen molar-refractivity contribution >= 4 is 17.4 Å². The molecule has 1 aromatic heterocycles. The van der Waals surface area contributed by atoms with Gasteiger partial charge in [0, 0.05) is 17.0 Å². The van der Waals surface area contributed by atoms with Crippen molar-refractivity contribution in [2.45, 2.75) is 19.0 Å². The molecular weight excluding hydrogens is 357 g/mol. The van der Waals surface area contributed by atoms with Gasteiger partial charge in [-0.1, -0.05) is 42.6 Å². The monoisotopic (exact) mass is 372 g/mol. The maximum Gasteiger partial charge on any atom is 0.431 e. The third kappa shape index (κ3) is 4.92. The molecule has 0 radical (unpaired) electrons. The van der Waals surface area contributed by atoms with Gasteiger partial charge in [0.25, 0.3) is 5.88 Å². The number of hydrogen-bond acceptors (Lipinski definition) is 7. The molecule has 0 unspecified atom stereocenters. The summed E-state index contributed by atoms with van der Waals surface area (Å²) in [6, 6.07) is 7.00. The minimum absolute atomic E-state index is 0.243. The van der Waals surface area contributed by atoms with Gasteiger partial charge in [-0.3, -0.25) is 0 Å². The van der Waals surface area contributed by atoms with Crippen molar-refractivity contribution in [2.24, 2.45) is 5.73 Å². The van der Waals surface area contributed by atoms with Crippen LogP contribution < -0.4 is 11.1 Å². The largest absolute Gasteiger partial charge is 0.490 e. The standard InChI is InChI=1S/C15H15F3N4O2S/c1-8(13-14(23)22-24-21-13)10-3-5-11(6-4-10)20-9(2)25-7-12(19)15(16,17)18/h3-8,20H,2,19H2,1H3,(H,22,23)/b12-7-/t8-/m1/s1. The molecule has 0 fully saturated rings. The first-order chi connectivity index (χ1) is 11.7. The highest BCUT2D eigenvalue weighted by Crippen LogP contribution is 2.30. The molecule has 0 aliphatic heterocycles. The summed E-state index contributed by atoms with van der Waals surface area (Å²) in [5.74, 6) is -0.513. The highest BCUT2D eigenvalue weighted by molar-refractivity contribution is 8.05. The van der Waals surface area contributed by atoms with Gasteiger partial charge in [-0.25, -0.2) is 4.63 Å². The zero-order chi connectivity index (χ0) is 18.6. The number of anilines is 1. The Hall–Kier alpha value is -2.62. The van der Waals surface area contributed by atoms with Gasteiger partial charge in [-0.2, -0.15) is 13.2 Å². The fourth-order valence-corrected chi connectivity index (χ4v) is 2.45. The molecule has 10 heteroatoms. The Morgan fingerprint density at radius 1 is 1.36 bits per heavy atom. The smallest absolute Gasteiger partial charge is 0.431 e. The molecule has 0 spiro atoms. The molecule has 134 valence electrons. The van der Waals surface area contributed by atoms with Gasteiger partial charge in [0.1, 0.15) is 5.70 Å². The SMILES string of the molecule is C=C(Nc1ccc([C@@H](C)c2nonc2O)cc1)S/C=C(\N)C(F)(F)F. The lowest BCUT2D eigenvalue weighted by molar-refractivity contribution is -0.0924. The summed E-state index contributed by atoms with van der Waals surface area (Å²) in [6.07, 6.45) is -4.56. The predicted octanol–water partition coefficient (Wildman–Crippen LogP) is 3.91. The zero-order valence-electron chi connectivity index (χ0n) is 13.0. The van der Waals surface area contributed by atoms with Crippen molar-refractivity contribution in [2.75, 3.05) is 5.32 Å². The van der Waals surface area contributed by atoms with Crippen LogP contribution in [-0.4, -0.2) is 21.6 Å². The molecule has 2 aromatic rings. The highest BCUT2D eigenvalue weighted by Gasteiger charge is 2.31. The molecule has 0 aliphatic carbocycles. The van der Waals surface area contributed by atoms with E-state index in [9.17, 15) is 18.3 Å². The summed E-state index contributed by atoms with van der Waals surface area (Å²) in [7, 11) is 0. The van der Waals surface area contributed by atoms with Crippen LogP contribution in [0.4, 0.5) is 18.9 Å². The van der Waals surface area contributed by atoms with Gasteiger partial charge in [0.15, 0.2) is 5.69 Å². The Labute approximate surface area is 145 Å². The maximum atomic E-state index is 12.3. The zero-order valence-corrected chi connectivity index (χ0v) is 13.9. The first-order valence-corrected chi connectivity index (χ1v) is 7.83. The molecule has 6 nitrogen and oxygen atoms in total. The molecular formula is C15H15F3N4O2S. The normalized spacial score (nSPS) is 13.5. The first kappa shape index (κ1) is 18.7. The molecule has 0 saturated carbocycles. The van der Waals surface area contributed by atoms with Gasteiger partial charge in [-0.15, -0.1) is 0 Å². The number of halogens is 3. The van der Waals surface area contributed by atoms with E-state index in [2.05, 4.69) is 26.8 Å². The van der Waals surface area contributed by atoms with Crippen molar-refractivity contribution in [1.29, 1.82) is 0 Å². The molecule has 1 atom stereocenters. The molecule has 25 heavy (non-hydrogen) atoms. The van der Waals surface area contributed by atoms with E-state index in [1.165, 1.54) is 0 Å². The fourth-order valence-electron chi connectivity index (χ4n) is 1.87. The second kappa shape index (κ2) is 7.51. The lowest BCUT2D eigenvalue weighted by Crippen LogP contribution is -2.18. The Balaban J connectivity index is 1.99. The molecule has 1 aromatic carbocycles. The number of rotatable bonds is 6. The van der Waals surface area contributed by atoms with Crippen LogP contribution in [-0.2, 0) is 0 Å². The van der Waals surface area contributed by atoms with E-state index in [1.807, 2.05) is 6.92 Å². The van der Waals surface area contributed by atoms with E-state index in [1.54, 1.807) is 24.3 Å². The van der Waals surface area contributed by atoms with Crippen molar-refractivity contribution in [3.8, 4) is 5.88 Å². The first-order valence-electron chi connectivity index (χ1n) is 6.95. The topological polar surface area (TPSA) is 97.2 Å². The number of nitrogens with zero attached hydrogens (tertiary/aromatic N) is 2. The van der Waals surface area contributed by atoms with Gasteiger partial charge in [-0.05, 0) is 22.9 Å². The number of aromatic nitrogens is 2. The Morgan fingerprint density at radius 3 is 2.52 bits per heavy atom. The van der Waals surface area contributed by atoms with E-state index >= 15 is 0 Å². The van der Waals surface area contributed by atoms with E-state index < -0.39 is 11.9 Å². The number of hydrogen-bond donors (Lipinski definition) is 3. The van der Waals surface area contributed by atoms with Crippen LogP contribution in [0.2, 0.25) is 0 Å². The van der Waals surface area contributed by atoms with Crippen LogP contribution in [0, 0.1) is 0 Å². The van der Waals surface area contributed by atoms with E-state index in [-0.39, 0.29) is 16.8 Å². The molecule has 1 heterocycles. The molecule has 0 aliphatic rings. The third-order valence-electron chi connectivity index (χ3n) is 3.26. The Bertz CT molecular complexity index is 772. The number of thioether (sulfide) groups is 1. The van der Waals surface area contributed by atoms with E-state index in [4.69, 9.17) is 5.73 Å². The van der Waals surface area contributed by atoms with Gasteiger partial charge in [0.2, 0.25) is 0 Å². The van der Waals surface area contributed by atoms with Gasteiger partial charge >= 0.3 is 6.18 Å². The third-order valence-corrected chi connectivity index (χ3v) is 4.01. The predicted molar refractivity (Wildman–Crippen MR) is 88.6 cm³/mol. The molecule has 0 saturated heterocycles. The average Bonchev–Trinajstić information content (AvgIpc) is 2.97. The minimum Gasteiger partial charge on any atom is -0.490 e. The summed E-state index contributed by atoms with van der Waals surface area (Å²) < 4.78 is 41.4. The molecule has 2 rings (SSSR count). The number of allylic oxidation sites excluding steroid dienone is 1. The number of nitrogens with two attached hydrogens (primary N) is 1. The van der Waals surface area contributed by atoms with Crippen molar-refractivity contribution in [3.63, 3.8) is 0 Å². The summed E-state index contributed by atoms with van der Waals surface area (Å²) in [4.78, 5) is 0. The van der Waals surface area contributed by atoms with Crippen LogP contribution in [0.1, 0.15) is 24.1 Å². The number of aromatic hydroxyl groups is 1.